The molecule has 0 aliphatic heterocycles. The van der Waals surface area contributed by atoms with Gasteiger partial charge in [-0.3, -0.25) is 4.79 Å². The van der Waals surface area contributed by atoms with Crippen LogP contribution in [0.3, 0.4) is 0 Å². The van der Waals surface area contributed by atoms with Crippen molar-refractivity contribution in [2.75, 3.05) is 19.5 Å². The van der Waals surface area contributed by atoms with Gasteiger partial charge in [-0.1, -0.05) is 41.9 Å². The molecule has 0 unspecified atom stereocenters. The zero-order valence-corrected chi connectivity index (χ0v) is 15.6. The van der Waals surface area contributed by atoms with Crippen LogP contribution < -0.4 is 19.5 Å². The van der Waals surface area contributed by atoms with Crippen LogP contribution in [0, 0.1) is 0 Å². The van der Waals surface area contributed by atoms with Crippen LogP contribution in [0.25, 0.3) is 0 Å². The molecular weight excluding hydrogens is 366 g/mol. The fraction of sp³-hybridized carbons (Fsp3) is 0.0952. The van der Waals surface area contributed by atoms with E-state index in [4.69, 9.17) is 25.8 Å². The largest absolute Gasteiger partial charge is 0.493 e. The van der Waals surface area contributed by atoms with Gasteiger partial charge in [-0.15, -0.1) is 0 Å². The molecule has 5 nitrogen and oxygen atoms in total. The molecule has 3 aromatic rings. The Balaban J connectivity index is 1.86. The fourth-order valence-electron chi connectivity index (χ4n) is 2.52. The van der Waals surface area contributed by atoms with Gasteiger partial charge in [0.15, 0.2) is 17.2 Å². The molecule has 138 valence electrons. The standard InChI is InChI=1S/C21H18ClNO4/c1-25-19-13-14(12-16(22)20(19)26-2)21(24)23-17-10-6-7-11-18(17)27-15-8-4-3-5-9-15/h3-13H,1-2H3,(H,23,24). The fourth-order valence-corrected chi connectivity index (χ4v) is 2.81. The quantitative estimate of drug-likeness (QED) is 0.619. The van der Waals surface area contributed by atoms with E-state index >= 15 is 0 Å². The molecule has 0 aliphatic rings. The van der Waals surface area contributed by atoms with Crippen LogP contribution in [0.2, 0.25) is 5.02 Å². The summed E-state index contributed by atoms with van der Waals surface area (Å²) in [6.45, 7) is 0. The van der Waals surface area contributed by atoms with Crippen molar-refractivity contribution in [3.05, 3.63) is 77.3 Å². The van der Waals surface area contributed by atoms with Crippen molar-refractivity contribution in [2.45, 2.75) is 0 Å². The Hall–Kier alpha value is -3.18. The number of hydrogen-bond acceptors (Lipinski definition) is 4. The number of rotatable bonds is 6. The Bertz CT molecular complexity index is 944. The van der Waals surface area contributed by atoms with Crippen molar-refractivity contribution >= 4 is 23.2 Å². The minimum Gasteiger partial charge on any atom is -0.493 e. The maximum Gasteiger partial charge on any atom is 0.255 e. The van der Waals surface area contributed by atoms with Crippen molar-refractivity contribution in [3.8, 4) is 23.0 Å². The summed E-state index contributed by atoms with van der Waals surface area (Å²) in [5, 5.41) is 3.13. The summed E-state index contributed by atoms with van der Waals surface area (Å²) >= 11 is 6.19. The maximum atomic E-state index is 12.7. The summed E-state index contributed by atoms with van der Waals surface area (Å²) in [4.78, 5) is 12.7. The summed E-state index contributed by atoms with van der Waals surface area (Å²) in [5.74, 6) is 1.62. The zero-order chi connectivity index (χ0) is 19.2. The molecule has 0 radical (unpaired) electrons. The number of amides is 1. The van der Waals surface area contributed by atoms with Crippen molar-refractivity contribution in [3.63, 3.8) is 0 Å². The molecule has 0 saturated heterocycles. The molecule has 3 aromatic carbocycles. The van der Waals surface area contributed by atoms with Crippen LogP contribution in [0.1, 0.15) is 10.4 Å². The number of benzene rings is 3. The number of para-hydroxylation sites is 3. The molecule has 1 N–H and O–H groups in total. The summed E-state index contributed by atoms with van der Waals surface area (Å²) in [5.41, 5.74) is 0.879. The molecule has 6 heteroatoms. The van der Waals surface area contributed by atoms with E-state index in [0.717, 1.165) is 0 Å². The van der Waals surface area contributed by atoms with E-state index in [1.165, 1.54) is 20.3 Å². The molecule has 0 aromatic heterocycles. The van der Waals surface area contributed by atoms with Crippen LogP contribution in [0.4, 0.5) is 5.69 Å². The number of methoxy groups -OCH3 is 2. The van der Waals surface area contributed by atoms with Gasteiger partial charge in [0.2, 0.25) is 0 Å². The first-order chi connectivity index (χ1) is 13.1. The van der Waals surface area contributed by atoms with Gasteiger partial charge in [0.05, 0.1) is 24.9 Å². The number of carbonyl (C=O) groups is 1. The van der Waals surface area contributed by atoms with Crippen molar-refractivity contribution in [2.24, 2.45) is 0 Å². The van der Waals surface area contributed by atoms with Gasteiger partial charge in [-0.25, -0.2) is 0 Å². The van der Waals surface area contributed by atoms with Crippen LogP contribution in [0.15, 0.2) is 66.7 Å². The van der Waals surface area contributed by atoms with E-state index in [9.17, 15) is 4.79 Å². The number of halogens is 1. The van der Waals surface area contributed by atoms with E-state index in [2.05, 4.69) is 5.32 Å². The monoisotopic (exact) mass is 383 g/mol. The van der Waals surface area contributed by atoms with Gasteiger partial charge in [0.25, 0.3) is 5.91 Å². The molecule has 0 atom stereocenters. The summed E-state index contributed by atoms with van der Waals surface area (Å²) < 4.78 is 16.3. The van der Waals surface area contributed by atoms with Crippen molar-refractivity contribution in [1.29, 1.82) is 0 Å². The highest BCUT2D eigenvalue weighted by Crippen LogP contribution is 2.36. The van der Waals surface area contributed by atoms with Gasteiger partial charge in [0, 0.05) is 5.56 Å². The lowest BCUT2D eigenvalue weighted by atomic mass is 10.1. The highest BCUT2D eigenvalue weighted by atomic mass is 35.5. The lowest BCUT2D eigenvalue weighted by Crippen LogP contribution is -2.13. The number of nitrogens with one attached hydrogen (secondary N) is 1. The van der Waals surface area contributed by atoms with Crippen LogP contribution >= 0.6 is 11.6 Å². The number of ether oxygens (including phenoxy) is 3. The maximum absolute atomic E-state index is 12.7. The summed E-state index contributed by atoms with van der Waals surface area (Å²) in [6.07, 6.45) is 0. The third kappa shape index (κ3) is 4.33. The molecule has 0 heterocycles. The number of hydrogen-bond donors (Lipinski definition) is 1. The van der Waals surface area contributed by atoms with Gasteiger partial charge in [0.1, 0.15) is 5.75 Å². The zero-order valence-electron chi connectivity index (χ0n) is 14.9. The first-order valence-electron chi connectivity index (χ1n) is 8.17. The Kier molecular flexibility index (Phi) is 5.84. The van der Waals surface area contributed by atoms with Gasteiger partial charge in [-0.05, 0) is 36.4 Å². The van der Waals surface area contributed by atoms with E-state index in [-0.39, 0.29) is 10.9 Å². The van der Waals surface area contributed by atoms with Crippen molar-refractivity contribution in [1.82, 2.24) is 0 Å². The molecule has 27 heavy (non-hydrogen) atoms. The second-order valence-electron chi connectivity index (χ2n) is 5.56. The van der Waals surface area contributed by atoms with Crippen LogP contribution in [-0.2, 0) is 0 Å². The Morgan fingerprint density at radius 3 is 2.30 bits per heavy atom. The molecule has 1 amide bonds. The molecule has 0 bridgehead atoms. The molecular formula is C21H18ClNO4. The summed E-state index contributed by atoms with van der Waals surface area (Å²) in [6, 6.07) is 19.6. The average molecular weight is 384 g/mol. The SMILES string of the molecule is COc1cc(C(=O)Nc2ccccc2Oc2ccccc2)cc(Cl)c1OC. The predicted octanol–water partition coefficient (Wildman–Crippen LogP) is 5.40. The van der Waals surface area contributed by atoms with Gasteiger partial charge < -0.3 is 19.5 Å². The second kappa shape index (κ2) is 8.47. The van der Waals surface area contributed by atoms with Gasteiger partial charge >= 0.3 is 0 Å². The highest BCUT2D eigenvalue weighted by Gasteiger charge is 2.16. The Morgan fingerprint density at radius 2 is 1.59 bits per heavy atom. The van der Waals surface area contributed by atoms with Crippen LogP contribution in [-0.4, -0.2) is 20.1 Å². The summed E-state index contributed by atoms with van der Waals surface area (Å²) in [7, 11) is 2.97. The molecule has 3 rings (SSSR count). The molecule has 0 spiro atoms. The minimum absolute atomic E-state index is 0.288. The number of anilines is 1. The average Bonchev–Trinajstić information content (AvgIpc) is 2.69. The highest BCUT2D eigenvalue weighted by molar-refractivity contribution is 6.32. The lowest BCUT2D eigenvalue weighted by molar-refractivity contribution is 0.102. The molecule has 0 fully saturated rings. The van der Waals surface area contributed by atoms with E-state index in [1.807, 2.05) is 42.5 Å². The lowest BCUT2D eigenvalue weighted by Gasteiger charge is -2.14. The first kappa shape index (κ1) is 18.6. The topological polar surface area (TPSA) is 56.8 Å². The molecule has 0 saturated carbocycles. The van der Waals surface area contributed by atoms with Crippen molar-refractivity contribution < 1.29 is 19.0 Å². The van der Waals surface area contributed by atoms with E-state index < -0.39 is 0 Å². The normalized spacial score (nSPS) is 10.2. The molecule has 0 aliphatic carbocycles. The Morgan fingerprint density at radius 1 is 0.889 bits per heavy atom. The van der Waals surface area contributed by atoms with Crippen LogP contribution in [0.5, 0.6) is 23.0 Å². The Labute approximate surface area is 162 Å². The first-order valence-corrected chi connectivity index (χ1v) is 8.55. The number of carbonyl (C=O) groups excluding carboxylic acids is 1. The van der Waals surface area contributed by atoms with Gasteiger partial charge in [-0.2, -0.15) is 0 Å². The predicted molar refractivity (Wildman–Crippen MR) is 105 cm³/mol. The second-order valence-corrected chi connectivity index (χ2v) is 5.97. The third-order valence-electron chi connectivity index (χ3n) is 3.80. The third-order valence-corrected chi connectivity index (χ3v) is 4.08. The smallest absolute Gasteiger partial charge is 0.255 e. The van der Waals surface area contributed by atoms with E-state index in [0.29, 0.717) is 34.2 Å². The minimum atomic E-state index is -0.345. The van der Waals surface area contributed by atoms with E-state index in [1.54, 1.807) is 18.2 Å².